The van der Waals surface area contributed by atoms with E-state index in [4.69, 9.17) is 9.47 Å². The number of nitrogens with zero attached hydrogens (tertiary/aromatic N) is 1. The maximum atomic E-state index is 5.45. The van der Waals surface area contributed by atoms with E-state index in [1.807, 2.05) is 37.3 Å². The molecule has 0 spiro atoms. The highest BCUT2D eigenvalue weighted by Crippen LogP contribution is 2.25. The molecule has 1 heterocycles. The number of aliphatic imine (C=N–C) groups is 1. The van der Waals surface area contributed by atoms with Gasteiger partial charge in [-0.1, -0.05) is 18.2 Å². The number of benzene rings is 2. The molecule has 3 N–H and O–H groups in total. The Morgan fingerprint density at radius 1 is 1.04 bits per heavy atom. The second-order valence-electron chi connectivity index (χ2n) is 6.11. The lowest BCUT2D eigenvalue weighted by Gasteiger charge is -2.12. The predicted octanol–water partition coefficient (Wildman–Crippen LogP) is 4.06. The van der Waals surface area contributed by atoms with Gasteiger partial charge in [-0.3, -0.25) is 0 Å². The molecule has 0 radical (unpaired) electrons. The summed E-state index contributed by atoms with van der Waals surface area (Å²) < 4.78 is 10.7. The van der Waals surface area contributed by atoms with Gasteiger partial charge in [-0.05, 0) is 36.6 Å². The molecule has 150 valence electrons. The standard InChI is InChI=1S/C21H26N4O2.HI/c1-4-22-21(23-13-16-9-10-18(26-2)12-20(16)27-3)24-14-17-11-15-7-5-6-8-19(15)25-17;/h5-12,25H,4,13-14H2,1-3H3,(H2,22,23,24);1H. The Balaban J connectivity index is 0.00000280. The zero-order chi connectivity index (χ0) is 19.1. The average Bonchev–Trinajstić information content (AvgIpc) is 3.13. The quantitative estimate of drug-likeness (QED) is 0.263. The Morgan fingerprint density at radius 3 is 2.57 bits per heavy atom. The highest BCUT2D eigenvalue weighted by Gasteiger charge is 2.06. The van der Waals surface area contributed by atoms with Crippen molar-refractivity contribution in [3.63, 3.8) is 0 Å². The third-order valence-corrected chi connectivity index (χ3v) is 4.28. The van der Waals surface area contributed by atoms with Gasteiger partial charge in [0, 0.05) is 29.4 Å². The van der Waals surface area contributed by atoms with Crippen LogP contribution in [0.3, 0.4) is 0 Å². The lowest BCUT2D eigenvalue weighted by molar-refractivity contribution is 0.391. The van der Waals surface area contributed by atoms with Crippen molar-refractivity contribution in [3.05, 3.63) is 59.8 Å². The van der Waals surface area contributed by atoms with Crippen LogP contribution >= 0.6 is 24.0 Å². The Labute approximate surface area is 182 Å². The van der Waals surface area contributed by atoms with E-state index < -0.39 is 0 Å². The number of aromatic nitrogens is 1. The Morgan fingerprint density at radius 2 is 1.86 bits per heavy atom. The van der Waals surface area contributed by atoms with Gasteiger partial charge >= 0.3 is 0 Å². The zero-order valence-electron chi connectivity index (χ0n) is 16.4. The van der Waals surface area contributed by atoms with E-state index in [9.17, 15) is 0 Å². The number of rotatable bonds is 7. The third-order valence-electron chi connectivity index (χ3n) is 4.28. The van der Waals surface area contributed by atoms with Gasteiger partial charge in [-0.2, -0.15) is 0 Å². The zero-order valence-corrected chi connectivity index (χ0v) is 18.7. The van der Waals surface area contributed by atoms with E-state index in [2.05, 4.69) is 38.8 Å². The van der Waals surface area contributed by atoms with Crippen molar-refractivity contribution >= 4 is 40.8 Å². The molecule has 0 aliphatic carbocycles. The van der Waals surface area contributed by atoms with Crippen LogP contribution in [0.4, 0.5) is 0 Å². The molecule has 0 fully saturated rings. The van der Waals surface area contributed by atoms with Crippen molar-refractivity contribution in [1.29, 1.82) is 0 Å². The molecule has 3 rings (SSSR count). The van der Waals surface area contributed by atoms with Gasteiger partial charge < -0.3 is 25.1 Å². The summed E-state index contributed by atoms with van der Waals surface area (Å²) in [6.45, 7) is 4.02. The van der Waals surface area contributed by atoms with Gasteiger partial charge in [0.15, 0.2) is 5.96 Å². The first kappa shape index (κ1) is 21.9. The average molecular weight is 494 g/mol. The maximum Gasteiger partial charge on any atom is 0.191 e. The normalized spacial score (nSPS) is 11.0. The fraction of sp³-hybridized carbons (Fsp3) is 0.286. The molecule has 28 heavy (non-hydrogen) atoms. The number of hydrogen-bond donors (Lipinski definition) is 3. The van der Waals surface area contributed by atoms with Crippen molar-refractivity contribution in [1.82, 2.24) is 15.6 Å². The van der Waals surface area contributed by atoms with Gasteiger partial charge in [0.05, 0.1) is 27.3 Å². The largest absolute Gasteiger partial charge is 0.497 e. The second-order valence-corrected chi connectivity index (χ2v) is 6.11. The van der Waals surface area contributed by atoms with E-state index in [0.717, 1.165) is 40.8 Å². The predicted molar refractivity (Wildman–Crippen MR) is 125 cm³/mol. The molecule has 0 saturated heterocycles. The van der Waals surface area contributed by atoms with Gasteiger partial charge in [0.1, 0.15) is 11.5 Å². The van der Waals surface area contributed by atoms with Gasteiger partial charge in [-0.15, -0.1) is 24.0 Å². The molecule has 7 heteroatoms. The van der Waals surface area contributed by atoms with Crippen LogP contribution in [0.25, 0.3) is 10.9 Å². The lowest BCUT2D eigenvalue weighted by atomic mass is 10.2. The summed E-state index contributed by atoms with van der Waals surface area (Å²) in [5.74, 6) is 2.29. The minimum atomic E-state index is 0. The SMILES string of the molecule is CCNC(=NCc1ccc(OC)cc1OC)NCc1cc2ccccc2[nH]1.I. The fourth-order valence-electron chi connectivity index (χ4n) is 2.90. The number of ether oxygens (including phenoxy) is 2. The van der Waals surface area contributed by atoms with Gasteiger partial charge in [0.25, 0.3) is 0 Å². The third kappa shape index (κ3) is 5.54. The monoisotopic (exact) mass is 494 g/mol. The summed E-state index contributed by atoms with van der Waals surface area (Å²) in [6, 6.07) is 16.2. The van der Waals surface area contributed by atoms with Crippen LogP contribution in [0.2, 0.25) is 0 Å². The Hall–Kier alpha value is -2.42. The number of guanidine groups is 1. The summed E-state index contributed by atoms with van der Waals surface area (Å²) in [6.07, 6.45) is 0. The van der Waals surface area contributed by atoms with Crippen LogP contribution in [0.15, 0.2) is 53.5 Å². The number of H-pyrrole nitrogens is 1. The van der Waals surface area contributed by atoms with Crippen LogP contribution in [-0.4, -0.2) is 31.7 Å². The van der Waals surface area contributed by atoms with Crippen LogP contribution in [0.5, 0.6) is 11.5 Å². The molecule has 0 aliphatic heterocycles. The van der Waals surface area contributed by atoms with Crippen molar-refractivity contribution in [2.75, 3.05) is 20.8 Å². The highest BCUT2D eigenvalue weighted by atomic mass is 127. The summed E-state index contributed by atoms with van der Waals surface area (Å²) in [5, 5.41) is 7.85. The molecule has 0 saturated carbocycles. The maximum absolute atomic E-state index is 5.45. The minimum absolute atomic E-state index is 0. The first-order valence-electron chi connectivity index (χ1n) is 9.03. The van der Waals surface area contributed by atoms with Crippen molar-refractivity contribution in [3.8, 4) is 11.5 Å². The Bertz CT molecular complexity index is 891. The topological polar surface area (TPSA) is 70.7 Å². The summed E-state index contributed by atoms with van der Waals surface area (Å²) in [4.78, 5) is 8.10. The van der Waals surface area contributed by atoms with Crippen LogP contribution in [0, 0.1) is 0 Å². The van der Waals surface area contributed by atoms with E-state index in [0.29, 0.717) is 13.1 Å². The molecule has 6 nitrogen and oxygen atoms in total. The number of hydrogen-bond acceptors (Lipinski definition) is 3. The first-order valence-corrected chi connectivity index (χ1v) is 9.03. The number of halogens is 1. The van der Waals surface area contributed by atoms with Gasteiger partial charge in [-0.25, -0.2) is 4.99 Å². The molecule has 0 bridgehead atoms. The number of nitrogens with one attached hydrogen (secondary N) is 3. The van der Waals surface area contributed by atoms with Crippen LogP contribution in [0.1, 0.15) is 18.2 Å². The van der Waals surface area contributed by atoms with E-state index in [1.54, 1.807) is 14.2 Å². The molecule has 0 atom stereocenters. The molecule has 0 aliphatic rings. The summed E-state index contributed by atoms with van der Waals surface area (Å²) in [5.41, 5.74) is 3.25. The molecule has 0 unspecified atom stereocenters. The molecule has 1 aromatic heterocycles. The van der Waals surface area contributed by atoms with Gasteiger partial charge in [0.2, 0.25) is 0 Å². The second kappa shape index (κ2) is 10.8. The number of aromatic amines is 1. The summed E-state index contributed by atoms with van der Waals surface area (Å²) in [7, 11) is 3.30. The van der Waals surface area contributed by atoms with Crippen LogP contribution < -0.4 is 20.1 Å². The number of para-hydroxylation sites is 1. The summed E-state index contributed by atoms with van der Waals surface area (Å²) >= 11 is 0. The van der Waals surface area contributed by atoms with E-state index in [1.165, 1.54) is 5.39 Å². The molecule has 2 aromatic carbocycles. The number of methoxy groups -OCH3 is 2. The first-order chi connectivity index (χ1) is 13.2. The highest BCUT2D eigenvalue weighted by molar-refractivity contribution is 14.0. The van der Waals surface area contributed by atoms with Crippen molar-refractivity contribution < 1.29 is 9.47 Å². The lowest BCUT2D eigenvalue weighted by Crippen LogP contribution is -2.36. The molecular formula is C21H27IN4O2. The fourth-order valence-corrected chi connectivity index (χ4v) is 2.90. The van der Waals surface area contributed by atoms with E-state index >= 15 is 0 Å². The Kier molecular flexibility index (Phi) is 8.43. The molecule has 0 amide bonds. The minimum Gasteiger partial charge on any atom is -0.497 e. The number of fused-ring (bicyclic) bond motifs is 1. The van der Waals surface area contributed by atoms with E-state index in [-0.39, 0.29) is 24.0 Å². The van der Waals surface area contributed by atoms with Crippen molar-refractivity contribution in [2.24, 2.45) is 4.99 Å². The smallest absolute Gasteiger partial charge is 0.191 e. The molecule has 3 aromatic rings. The van der Waals surface area contributed by atoms with Crippen LogP contribution in [-0.2, 0) is 13.1 Å². The van der Waals surface area contributed by atoms with Crippen molar-refractivity contribution in [2.45, 2.75) is 20.0 Å². The molecular weight excluding hydrogens is 467 g/mol.